The van der Waals surface area contributed by atoms with Crippen molar-refractivity contribution in [2.45, 2.75) is 13.5 Å². The van der Waals surface area contributed by atoms with Crippen LogP contribution in [0.1, 0.15) is 11.5 Å². The molecule has 0 N–H and O–H groups in total. The molecular weight excluding hydrogens is 320 g/mol. The monoisotopic (exact) mass is 330 g/mol. The standard InChI is InChI=1S/C13H11BrN6/c1-9-6-7-15-12(16-9)8-20-18-13(17-19-20)10-2-4-11(14)5-3-10/h2-7H,8H2,1H3. The molecule has 6 nitrogen and oxygen atoms in total. The Hall–Kier alpha value is -2.15. The summed E-state index contributed by atoms with van der Waals surface area (Å²) in [5.41, 5.74) is 1.84. The predicted molar refractivity (Wildman–Crippen MR) is 76.8 cm³/mol. The van der Waals surface area contributed by atoms with Crippen LogP contribution in [-0.4, -0.2) is 30.2 Å². The third kappa shape index (κ3) is 2.88. The SMILES string of the molecule is Cc1ccnc(Cn2nnc(-c3ccc(Br)cc3)n2)n1. The molecule has 7 heteroatoms. The van der Waals surface area contributed by atoms with Gasteiger partial charge in [0.25, 0.3) is 0 Å². The first-order valence-corrected chi connectivity index (χ1v) is 6.82. The van der Waals surface area contributed by atoms with E-state index < -0.39 is 0 Å². The molecule has 0 saturated carbocycles. The highest BCUT2D eigenvalue weighted by molar-refractivity contribution is 9.10. The van der Waals surface area contributed by atoms with Gasteiger partial charge in [0.1, 0.15) is 6.54 Å². The van der Waals surface area contributed by atoms with Gasteiger partial charge in [0.15, 0.2) is 5.82 Å². The lowest BCUT2D eigenvalue weighted by atomic mass is 10.2. The maximum absolute atomic E-state index is 4.33. The first-order chi connectivity index (χ1) is 9.70. The second-order valence-corrected chi connectivity index (χ2v) is 5.18. The van der Waals surface area contributed by atoms with Crippen molar-refractivity contribution in [2.75, 3.05) is 0 Å². The summed E-state index contributed by atoms with van der Waals surface area (Å²) in [5.74, 6) is 1.26. The molecule has 100 valence electrons. The fraction of sp³-hybridized carbons (Fsp3) is 0.154. The smallest absolute Gasteiger partial charge is 0.204 e. The molecule has 3 aromatic rings. The van der Waals surface area contributed by atoms with E-state index in [0.29, 0.717) is 18.2 Å². The van der Waals surface area contributed by atoms with Crippen molar-refractivity contribution < 1.29 is 0 Å². The Morgan fingerprint density at radius 2 is 1.95 bits per heavy atom. The lowest BCUT2D eigenvalue weighted by Gasteiger charge is -1.98. The minimum atomic E-state index is 0.408. The van der Waals surface area contributed by atoms with Crippen molar-refractivity contribution in [3.8, 4) is 11.4 Å². The van der Waals surface area contributed by atoms with Crippen LogP contribution in [0.2, 0.25) is 0 Å². The minimum absolute atomic E-state index is 0.408. The molecule has 0 atom stereocenters. The molecule has 0 radical (unpaired) electrons. The average molecular weight is 331 g/mol. The van der Waals surface area contributed by atoms with Crippen LogP contribution in [0.3, 0.4) is 0 Å². The van der Waals surface area contributed by atoms with Gasteiger partial charge < -0.3 is 0 Å². The van der Waals surface area contributed by atoms with Gasteiger partial charge in [-0.1, -0.05) is 15.9 Å². The quantitative estimate of drug-likeness (QED) is 0.736. The Bertz CT molecular complexity index is 722. The number of tetrazole rings is 1. The zero-order valence-electron chi connectivity index (χ0n) is 10.7. The molecule has 0 aliphatic heterocycles. The van der Waals surface area contributed by atoms with Gasteiger partial charge in [0.05, 0.1) is 0 Å². The maximum Gasteiger partial charge on any atom is 0.204 e. The Morgan fingerprint density at radius 3 is 2.70 bits per heavy atom. The largest absolute Gasteiger partial charge is 0.239 e. The van der Waals surface area contributed by atoms with E-state index in [1.165, 1.54) is 4.80 Å². The zero-order chi connectivity index (χ0) is 13.9. The molecule has 0 unspecified atom stereocenters. The van der Waals surface area contributed by atoms with Gasteiger partial charge in [-0.3, -0.25) is 0 Å². The summed E-state index contributed by atoms with van der Waals surface area (Å²) in [4.78, 5) is 9.99. The third-order valence-electron chi connectivity index (χ3n) is 2.68. The maximum atomic E-state index is 4.33. The topological polar surface area (TPSA) is 69.4 Å². The number of rotatable bonds is 3. The van der Waals surface area contributed by atoms with Crippen LogP contribution in [0.5, 0.6) is 0 Å². The van der Waals surface area contributed by atoms with Gasteiger partial charge >= 0.3 is 0 Å². The van der Waals surface area contributed by atoms with E-state index in [-0.39, 0.29) is 0 Å². The predicted octanol–water partition coefficient (Wildman–Crippen LogP) is 2.25. The summed E-state index contributed by atoms with van der Waals surface area (Å²) < 4.78 is 1.02. The molecule has 0 fully saturated rings. The Balaban J connectivity index is 1.82. The molecule has 0 saturated heterocycles. The minimum Gasteiger partial charge on any atom is -0.239 e. The van der Waals surface area contributed by atoms with Crippen LogP contribution >= 0.6 is 15.9 Å². The number of aryl methyl sites for hydroxylation is 1. The van der Waals surface area contributed by atoms with Crippen LogP contribution in [0.15, 0.2) is 41.0 Å². The van der Waals surface area contributed by atoms with Crippen LogP contribution in [-0.2, 0) is 6.54 Å². The van der Waals surface area contributed by atoms with Gasteiger partial charge in [-0.15, -0.1) is 10.2 Å². The summed E-state index contributed by atoms with van der Waals surface area (Å²) >= 11 is 3.40. The van der Waals surface area contributed by atoms with Gasteiger partial charge in [-0.25, -0.2) is 9.97 Å². The van der Waals surface area contributed by atoms with E-state index >= 15 is 0 Å². The average Bonchev–Trinajstić information content (AvgIpc) is 2.88. The number of hydrogen-bond donors (Lipinski definition) is 0. The number of hydrogen-bond acceptors (Lipinski definition) is 5. The molecule has 0 spiro atoms. The lowest BCUT2D eigenvalue weighted by Crippen LogP contribution is -2.08. The van der Waals surface area contributed by atoms with Crippen molar-refractivity contribution in [3.63, 3.8) is 0 Å². The lowest BCUT2D eigenvalue weighted by molar-refractivity contribution is 0.553. The van der Waals surface area contributed by atoms with Crippen LogP contribution < -0.4 is 0 Å². The fourth-order valence-corrected chi connectivity index (χ4v) is 1.99. The van der Waals surface area contributed by atoms with E-state index in [9.17, 15) is 0 Å². The van der Waals surface area contributed by atoms with Gasteiger partial charge in [0.2, 0.25) is 5.82 Å². The highest BCUT2D eigenvalue weighted by Crippen LogP contribution is 2.17. The molecule has 0 amide bonds. The van der Waals surface area contributed by atoms with Crippen molar-refractivity contribution in [2.24, 2.45) is 0 Å². The first kappa shape index (κ1) is 12.9. The molecule has 1 aromatic carbocycles. The Morgan fingerprint density at radius 1 is 1.15 bits per heavy atom. The first-order valence-electron chi connectivity index (χ1n) is 6.03. The third-order valence-corrected chi connectivity index (χ3v) is 3.21. The van der Waals surface area contributed by atoms with Crippen molar-refractivity contribution >= 4 is 15.9 Å². The number of nitrogens with zero attached hydrogens (tertiary/aromatic N) is 6. The molecule has 2 heterocycles. The highest BCUT2D eigenvalue weighted by atomic mass is 79.9. The molecule has 0 bridgehead atoms. The van der Waals surface area contributed by atoms with Crippen molar-refractivity contribution in [1.29, 1.82) is 0 Å². The van der Waals surface area contributed by atoms with Crippen LogP contribution in [0, 0.1) is 6.92 Å². The molecule has 2 aromatic heterocycles. The van der Waals surface area contributed by atoms with Gasteiger partial charge in [-0.2, -0.15) is 4.80 Å². The van der Waals surface area contributed by atoms with E-state index in [2.05, 4.69) is 41.3 Å². The fourth-order valence-electron chi connectivity index (χ4n) is 1.73. The molecule has 3 rings (SSSR count). The highest BCUT2D eigenvalue weighted by Gasteiger charge is 2.07. The molecule has 20 heavy (non-hydrogen) atoms. The molecule has 0 aliphatic rings. The number of halogens is 1. The second-order valence-electron chi connectivity index (χ2n) is 4.26. The Labute approximate surface area is 124 Å². The normalized spacial score (nSPS) is 10.7. The van der Waals surface area contributed by atoms with Gasteiger partial charge in [0, 0.05) is 21.9 Å². The van der Waals surface area contributed by atoms with Crippen LogP contribution in [0.4, 0.5) is 0 Å². The van der Waals surface area contributed by atoms with E-state index in [1.807, 2.05) is 37.3 Å². The summed E-state index contributed by atoms with van der Waals surface area (Å²) in [6.45, 7) is 2.33. The molecule has 0 aliphatic carbocycles. The van der Waals surface area contributed by atoms with Gasteiger partial charge in [-0.05, 0) is 42.5 Å². The van der Waals surface area contributed by atoms with Crippen LogP contribution in [0.25, 0.3) is 11.4 Å². The van der Waals surface area contributed by atoms with Crippen molar-refractivity contribution in [3.05, 3.63) is 52.5 Å². The number of benzene rings is 1. The summed E-state index contributed by atoms with van der Waals surface area (Å²) in [6, 6.07) is 9.62. The van der Waals surface area contributed by atoms with E-state index in [0.717, 1.165) is 15.7 Å². The summed E-state index contributed by atoms with van der Waals surface area (Å²) in [7, 11) is 0. The van der Waals surface area contributed by atoms with Crippen molar-refractivity contribution in [1.82, 2.24) is 30.2 Å². The Kier molecular flexibility index (Phi) is 3.51. The van der Waals surface area contributed by atoms with E-state index in [4.69, 9.17) is 0 Å². The zero-order valence-corrected chi connectivity index (χ0v) is 12.3. The summed E-state index contributed by atoms with van der Waals surface area (Å²) in [6.07, 6.45) is 1.73. The van der Waals surface area contributed by atoms with E-state index in [1.54, 1.807) is 6.20 Å². The second kappa shape index (κ2) is 5.46. The molecular formula is C13H11BrN6. The number of aromatic nitrogens is 6. The summed E-state index contributed by atoms with van der Waals surface area (Å²) in [5, 5.41) is 12.4.